The zero-order valence-electron chi connectivity index (χ0n) is 18.3. The Balaban J connectivity index is 1.88. The van der Waals surface area contributed by atoms with E-state index in [0.717, 1.165) is 50.8 Å². The molecular weight excluding hydrogens is 402 g/mol. The Bertz CT molecular complexity index is 1220. The average molecular weight is 428 g/mol. The maximum Gasteiger partial charge on any atom is 0.307 e. The first-order chi connectivity index (χ1) is 15.5. The van der Waals surface area contributed by atoms with Gasteiger partial charge < -0.3 is 19.1 Å². The molecule has 0 fully saturated rings. The molecule has 0 saturated heterocycles. The van der Waals surface area contributed by atoms with Gasteiger partial charge in [-0.15, -0.1) is 0 Å². The highest BCUT2D eigenvalue weighted by atomic mass is 16.5. The molecule has 5 nitrogen and oxygen atoms in total. The summed E-state index contributed by atoms with van der Waals surface area (Å²) in [5.74, 6) is 0.771. The summed E-state index contributed by atoms with van der Waals surface area (Å²) >= 11 is 0. The van der Waals surface area contributed by atoms with E-state index in [1.165, 1.54) is 0 Å². The van der Waals surface area contributed by atoms with E-state index in [1.54, 1.807) is 14.2 Å². The highest BCUT2D eigenvalue weighted by molar-refractivity contribution is 5.84. The van der Waals surface area contributed by atoms with Crippen molar-refractivity contribution in [3.05, 3.63) is 90.1 Å². The Hall–Kier alpha value is -3.99. The SMILES string of the molecule is COc1ccc(-c2cc(C)n(-c3ccc(CC(=O)O)cc3)c2-c2ccc(OC)cc2)cc1. The van der Waals surface area contributed by atoms with Crippen LogP contribution in [0.2, 0.25) is 0 Å². The number of carboxylic acids is 1. The van der Waals surface area contributed by atoms with Gasteiger partial charge in [0.1, 0.15) is 11.5 Å². The van der Waals surface area contributed by atoms with Crippen molar-refractivity contribution < 1.29 is 19.4 Å². The number of benzene rings is 3. The van der Waals surface area contributed by atoms with Gasteiger partial charge in [0.2, 0.25) is 0 Å². The zero-order valence-corrected chi connectivity index (χ0v) is 18.3. The van der Waals surface area contributed by atoms with Gasteiger partial charge in [-0.25, -0.2) is 0 Å². The molecule has 1 heterocycles. The Morgan fingerprint density at radius 3 is 1.84 bits per heavy atom. The lowest BCUT2D eigenvalue weighted by Gasteiger charge is -2.15. The normalized spacial score (nSPS) is 10.7. The lowest BCUT2D eigenvalue weighted by atomic mass is 10.0. The largest absolute Gasteiger partial charge is 0.497 e. The van der Waals surface area contributed by atoms with Crippen LogP contribution in [0.4, 0.5) is 0 Å². The molecule has 0 aliphatic rings. The quantitative estimate of drug-likeness (QED) is 0.407. The molecule has 5 heteroatoms. The first-order valence-electron chi connectivity index (χ1n) is 10.3. The van der Waals surface area contributed by atoms with E-state index < -0.39 is 5.97 Å². The van der Waals surface area contributed by atoms with Crippen molar-refractivity contribution in [2.24, 2.45) is 0 Å². The Morgan fingerprint density at radius 2 is 1.34 bits per heavy atom. The zero-order chi connectivity index (χ0) is 22.7. The minimum atomic E-state index is -0.837. The van der Waals surface area contributed by atoms with Gasteiger partial charge in [-0.2, -0.15) is 0 Å². The fourth-order valence-corrected chi connectivity index (χ4v) is 3.93. The number of aromatic nitrogens is 1. The van der Waals surface area contributed by atoms with Crippen molar-refractivity contribution >= 4 is 5.97 Å². The Morgan fingerprint density at radius 1 is 0.812 bits per heavy atom. The molecule has 4 aromatic rings. The fourth-order valence-electron chi connectivity index (χ4n) is 3.93. The highest BCUT2D eigenvalue weighted by Crippen LogP contribution is 2.38. The summed E-state index contributed by atoms with van der Waals surface area (Å²) in [6.07, 6.45) is 0.00732. The summed E-state index contributed by atoms with van der Waals surface area (Å²) in [6.45, 7) is 2.07. The molecule has 0 amide bonds. The molecule has 3 aromatic carbocycles. The van der Waals surface area contributed by atoms with Crippen molar-refractivity contribution in [2.45, 2.75) is 13.3 Å². The van der Waals surface area contributed by atoms with Crippen LogP contribution in [0.15, 0.2) is 78.9 Å². The minimum Gasteiger partial charge on any atom is -0.497 e. The second-order valence-corrected chi connectivity index (χ2v) is 7.58. The van der Waals surface area contributed by atoms with Gasteiger partial charge in [0.25, 0.3) is 0 Å². The topological polar surface area (TPSA) is 60.7 Å². The number of aryl methyl sites for hydroxylation is 1. The third-order valence-electron chi connectivity index (χ3n) is 5.50. The maximum atomic E-state index is 11.1. The van der Waals surface area contributed by atoms with Gasteiger partial charge in [-0.3, -0.25) is 4.79 Å². The first kappa shape index (κ1) is 21.2. The molecule has 0 bridgehead atoms. The fraction of sp³-hybridized carbons (Fsp3) is 0.148. The predicted octanol–water partition coefficient (Wildman–Crippen LogP) is 5.76. The van der Waals surface area contributed by atoms with Crippen LogP contribution in [0.25, 0.3) is 28.1 Å². The second-order valence-electron chi connectivity index (χ2n) is 7.58. The first-order valence-corrected chi connectivity index (χ1v) is 10.3. The number of nitrogens with zero attached hydrogens (tertiary/aromatic N) is 1. The number of carboxylic acid groups (broad SMARTS) is 1. The summed E-state index contributed by atoms with van der Waals surface area (Å²) in [5, 5.41) is 9.08. The third-order valence-corrected chi connectivity index (χ3v) is 5.50. The average Bonchev–Trinajstić information content (AvgIpc) is 3.16. The molecule has 0 unspecified atom stereocenters. The second kappa shape index (κ2) is 9.02. The van der Waals surface area contributed by atoms with E-state index >= 15 is 0 Å². The van der Waals surface area contributed by atoms with Gasteiger partial charge in [0.15, 0.2) is 0 Å². The van der Waals surface area contributed by atoms with Crippen LogP contribution in [0.3, 0.4) is 0 Å². The number of hydrogen-bond donors (Lipinski definition) is 1. The molecule has 0 spiro atoms. The monoisotopic (exact) mass is 427 g/mol. The Kier molecular flexibility index (Phi) is 5.99. The highest BCUT2D eigenvalue weighted by Gasteiger charge is 2.18. The number of aliphatic carboxylic acids is 1. The molecular formula is C27H25NO4. The lowest BCUT2D eigenvalue weighted by Crippen LogP contribution is -2.02. The van der Waals surface area contributed by atoms with Crippen LogP contribution in [-0.4, -0.2) is 29.9 Å². The number of methoxy groups -OCH3 is 2. The van der Waals surface area contributed by atoms with Crippen molar-refractivity contribution in [1.82, 2.24) is 4.57 Å². The number of rotatable bonds is 7. The van der Waals surface area contributed by atoms with Crippen molar-refractivity contribution in [3.8, 4) is 39.6 Å². The third kappa shape index (κ3) is 4.23. The number of carbonyl (C=O) groups is 1. The molecule has 4 rings (SSSR count). The Labute approximate surface area is 187 Å². The van der Waals surface area contributed by atoms with Gasteiger partial charge >= 0.3 is 5.97 Å². The van der Waals surface area contributed by atoms with Crippen LogP contribution in [0.1, 0.15) is 11.3 Å². The summed E-state index contributed by atoms with van der Waals surface area (Å²) < 4.78 is 12.9. The number of hydrogen-bond acceptors (Lipinski definition) is 3. The van der Waals surface area contributed by atoms with Crippen LogP contribution in [0.5, 0.6) is 11.5 Å². The van der Waals surface area contributed by atoms with Crippen LogP contribution >= 0.6 is 0 Å². The van der Waals surface area contributed by atoms with Crippen molar-refractivity contribution in [1.29, 1.82) is 0 Å². The van der Waals surface area contributed by atoms with E-state index in [0.29, 0.717) is 0 Å². The minimum absolute atomic E-state index is 0.00732. The van der Waals surface area contributed by atoms with E-state index in [1.807, 2.05) is 48.5 Å². The molecule has 32 heavy (non-hydrogen) atoms. The van der Waals surface area contributed by atoms with Gasteiger partial charge in [-0.05, 0) is 78.2 Å². The smallest absolute Gasteiger partial charge is 0.307 e. The van der Waals surface area contributed by atoms with Crippen LogP contribution in [0, 0.1) is 6.92 Å². The van der Waals surface area contributed by atoms with E-state index in [9.17, 15) is 4.79 Å². The van der Waals surface area contributed by atoms with Crippen molar-refractivity contribution in [2.75, 3.05) is 14.2 Å². The van der Waals surface area contributed by atoms with E-state index in [4.69, 9.17) is 14.6 Å². The lowest BCUT2D eigenvalue weighted by molar-refractivity contribution is -0.136. The van der Waals surface area contributed by atoms with E-state index in [2.05, 4.69) is 41.8 Å². The summed E-state index contributed by atoms with van der Waals surface area (Å²) in [5.41, 5.74) is 7.12. The van der Waals surface area contributed by atoms with Crippen molar-refractivity contribution in [3.63, 3.8) is 0 Å². The summed E-state index contributed by atoms with van der Waals surface area (Å²) in [4.78, 5) is 11.1. The molecule has 162 valence electrons. The standard InChI is InChI=1S/C27H25NO4/c1-18-16-25(20-6-12-23(31-2)13-7-20)27(21-8-14-24(32-3)15-9-21)28(18)22-10-4-19(5-11-22)17-26(29)30/h4-16H,17H2,1-3H3,(H,29,30). The molecule has 0 atom stereocenters. The van der Waals surface area contributed by atoms with Crippen LogP contribution < -0.4 is 9.47 Å². The molecule has 0 saturated carbocycles. The summed E-state index contributed by atoms with van der Waals surface area (Å²) in [7, 11) is 3.32. The van der Waals surface area contributed by atoms with Gasteiger partial charge in [-0.1, -0.05) is 24.3 Å². The number of ether oxygens (including phenoxy) is 2. The molecule has 0 radical (unpaired) electrons. The summed E-state index contributed by atoms with van der Waals surface area (Å²) in [6, 6.07) is 25.9. The van der Waals surface area contributed by atoms with Crippen LogP contribution in [-0.2, 0) is 11.2 Å². The molecule has 0 aliphatic carbocycles. The van der Waals surface area contributed by atoms with E-state index in [-0.39, 0.29) is 6.42 Å². The molecule has 0 aliphatic heterocycles. The maximum absolute atomic E-state index is 11.1. The van der Waals surface area contributed by atoms with Gasteiger partial charge in [0, 0.05) is 16.9 Å². The van der Waals surface area contributed by atoms with Gasteiger partial charge in [0.05, 0.1) is 26.3 Å². The molecule has 1 N–H and O–H groups in total. The predicted molar refractivity (Wildman–Crippen MR) is 126 cm³/mol. The molecule has 1 aromatic heterocycles.